The van der Waals surface area contributed by atoms with Crippen molar-refractivity contribution in [1.29, 1.82) is 0 Å². The number of rotatable bonds is 2. The van der Waals surface area contributed by atoms with Gasteiger partial charge in [-0.3, -0.25) is 0 Å². The van der Waals surface area contributed by atoms with Crippen molar-refractivity contribution in [3.63, 3.8) is 0 Å². The first-order valence-corrected chi connectivity index (χ1v) is 6.51. The van der Waals surface area contributed by atoms with Crippen LogP contribution in [-0.4, -0.2) is 14.5 Å². The second-order valence-electron chi connectivity index (χ2n) is 3.59. The molecule has 1 aliphatic carbocycles. The van der Waals surface area contributed by atoms with Gasteiger partial charge in [-0.1, -0.05) is 0 Å². The van der Waals surface area contributed by atoms with E-state index < -0.39 is 0 Å². The summed E-state index contributed by atoms with van der Waals surface area (Å²) in [5.74, 6) is 0.790. The van der Waals surface area contributed by atoms with E-state index >= 15 is 0 Å². The zero-order chi connectivity index (χ0) is 8.39. The Morgan fingerprint density at radius 1 is 1.38 bits per heavy atom. The fraction of sp³-hybridized carbons (Fsp3) is 0.600. The molecular weight excluding hydrogens is 249 g/mol. The summed E-state index contributed by atoms with van der Waals surface area (Å²) in [7, 11) is 0. The molecular formula is C10H16ClNSe. The van der Waals surface area contributed by atoms with E-state index in [0.717, 1.165) is 5.92 Å². The Morgan fingerprint density at radius 3 is 2.62 bits per heavy atom. The molecule has 1 saturated carbocycles. The van der Waals surface area contributed by atoms with Crippen LogP contribution in [0.4, 0.5) is 0 Å². The van der Waals surface area contributed by atoms with E-state index in [0.29, 0.717) is 20.5 Å². The first kappa shape index (κ1) is 11.3. The quantitative estimate of drug-likeness (QED) is 0.816. The number of nitrogens with two attached hydrogens (primary N) is 1. The van der Waals surface area contributed by atoms with Gasteiger partial charge in [0.15, 0.2) is 0 Å². The molecule has 1 atom stereocenters. The van der Waals surface area contributed by atoms with Crippen molar-refractivity contribution in [3.8, 4) is 0 Å². The van der Waals surface area contributed by atoms with E-state index in [1.807, 2.05) is 0 Å². The number of halogens is 1. The van der Waals surface area contributed by atoms with Crippen LogP contribution in [0, 0.1) is 5.92 Å². The van der Waals surface area contributed by atoms with Gasteiger partial charge in [0.25, 0.3) is 0 Å². The summed E-state index contributed by atoms with van der Waals surface area (Å²) in [6.45, 7) is 0. The van der Waals surface area contributed by atoms with Crippen LogP contribution in [0.25, 0.3) is 0 Å². The molecule has 1 nitrogen and oxygen atoms in total. The Hall–Kier alpha value is 0.249. The molecule has 13 heavy (non-hydrogen) atoms. The Morgan fingerprint density at radius 2 is 2.08 bits per heavy atom. The molecule has 0 bridgehead atoms. The second-order valence-corrected chi connectivity index (χ2v) is 5.64. The summed E-state index contributed by atoms with van der Waals surface area (Å²) in [5.41, 5.74) is 6.19. The first-order chi connectivity index (χ1) is 5.88. The van der Waals surface area contributed by atoms with Gasteiger partial charge in [-0.2, -0.15) is 0 Å². The van der Waals surface area contributed by atoms with E-state index in [2.05, 4.69) is 17.1 Å². The van der Waals surface area contributed by atoms with Gasteiger partial charge in [-0.15, -0.1) is 12.4 Å². The molecule has 1 fully saturated rings. The van der Waals surface area contributed by atoms with Crippen LogP contribution in [-0.2, 0) is 0 Å². The molecule has 2 N–H and O–H groups in total. The Kier molecular flexibility index (Phi) is 4.54. The Balaban J connectivity index is 0.000000845. The van der Waals surface area contributed by atoms with Crippen LogP contribution in [0.5, 0.6) is 0 Å². The molecule has 0 saturated heterocycles. The predicted octanol–water partition coefficient (Wildman–Crippen LogP) is 2.36. The minimum absolute atomic E-state index is 0. The van der Waals surface area contributed by atoms with Crippen molar-refractivity contribution in [1.82, 2.24) is 0 Å². The zero-order valence-corrected chi connectivity index (χ0v) is 10.1. The average molecular weight is 265 g/mol. The summed E-state index contributed by atoms with van der Waals surface area (Å²) in [6, 6.07) is 4.76. The van der Waals surface area contributed by atoms with Crippen molar-refractivity contribution in [3.05, 3.63) is 21.5 Å². The van der Waals surface area contributed by atoms with E-state index in [1.54, 1.807) is 0 Å². The topological polar surface area (TPSA) is 26.0 Å². The Labute approximate surface area is 91.9 Å². The molecule has 1 heterocycles. The van der Waals surface area contributed by atoms with Crippen LogP contribution in [0.15, 0.2) is 17.1 Å². The molecule has 1 aliphatic rings. The summed E-state index contributed by atoms with van der Waals surface area (Å²) in [4.78, 5) is 2.26. The predicted molar refractivity (Wildman–Crippen MR) is 59.5 cm³/mol. The average Bonchev–Trinajstić information content (AvgIpc) is 2.77. The van der Waals surface area contributed by atoms with E-state index in [1.165, 1.54) is 30.1 Å². The molecule has 0 amide bonds. The molecule has 3 heteroatoms. The second kappa shape index (κ2) is 5.21. The van der Waals surface area contributed by atoms with Gasteiger partial charge >= 0.3 is 79.4 Å². The molecule has 0 aromatic carbocycles. The maximum atomic E-state index is 6.19. The third-order valence-electron chi connectivity index (χ3n) is 2.78. The van der Waals surface area contributed by atoms with Gasteiger partial charge in [0.2, 0.25) is 0 Å². The van der Waals surface area contributed by atoms with Crippen LogP contribution in [0.2, 0.25) is 0 Å². The van der Waals surface area contributed by atoms with Gasteiger partial charge < -0.3 is 0 Å². The van der Waals surface area contributed by atoms with Crippen molar-refractivity contribution in [2.75, 3.05) is 0 Å². The SMILES string of the molecule is Cl.NC(c1ccc[se]1)C1CCCC1. The van der Waals surface area contributed by atoms with Gasteiger partial charge in [0.1, 0.15) is 0 Å². The van der Waals surface area contributed by atoms with Crippen molar-refractivity contribution in [2.24, 2.45) is 11.7 Å². The number of hydrogen-bond donors (Lipinski definition) is 1. The van der Waals surface area contributed by atoms with Crippen molar-refractivity contribution < 1.29 is 0 Å². The van der Waals surface area contributed by atoms with Crippen LogP contribution in [0.1, 0.15) is 36.2 Å². The zero-order valence-electron chi connectivity index (χ0n) is 7.61. The minimum atomic E-state index is 0. The van der Waals surface area contributed by atoms with Crippen molar-refractivity contribution in [2.45, 2.75) is 31.7 Å². The van der Waals surface area contributed by atoms with Crippen LogP contribution in [0.3, 0.4) is 0 Å². The van der Waals surface area contributed by atoms with Crippen LogP contribution < -0.4 is 5.73 Å². The molecule has 1 aromatic heterocycles. The summed E-state index contributed by atoms with van der Waals surface area (Å²) in [5, 5.41) is 0. The van der Waals surface area contributed by atoms with Crippen LogP contribution >= 0.6 is 12.4 Å². The van der Waals surface area contributed by atoms with Gasteiger partial charge in [-0.25, -0.2) is 0 Å². The van der Waals surface area contributed by atoms with E-state index in [-0.39, 0.29) is 12.4 Å². The molecule has 2 rings (SSSR count). The molecule has 1 unspecified atom stereocenters. The van der Waals surface area contributed by atoms with E-state index in [4.69, 9.17) is 5.73 Å². The van der Waals surface area contributed by atoms with E-state index in [9.17, 15) is 0 Å². The maximum absolute atomic E-state index is 6.19. The first-order valence-electron chi connectivity index (χ1n) is 4.67. The van der Waals surface area contributed by atoms with Gasteiger partial charge in [0.05, 0.1) is 0 Å². The molecule has 0 radical (unpaired) electrons. The molecule has 0 spiro atoms. The monoisotopic (exact) mass is 265 g/mol. The Bertz CT molecular complexity index is 229. The fourth-order valence-corrected chi connectivity index (χ4v) is 3.75. The molecule has 1 aromatic rings. The fourth-order valence-electron chi connectivity index (χ4n) is 2.03. The summed E-state index contributed by atoms with van der Waals surface area (Å²) >= 11 is 0.571. The summed E-state index contributed by atoms with van der Waals surface area (Å²) < 4.78 is 1.51. The molecule has 74 valence electrons. The summed E-state index contributed by atoms with van der Waals surface area (Å²) in [6.07, 6.45) is 5.50. The third-order valence-corrected chi connectivity index (χ3v) is 4.82. The van der Waals surface area contributed by atoms with Crippen molar-refractivity contribution >= 4 is 26.9 Å². The number of hydrogen-bond acceptors (Lipinski definition) is 1. The van der Waals surface area contributed by atoms with Gasteiger partial charge in [0, 0.05) is 0 Å². The van der Waals surface area contributed by atoms with Gasteiger partial charge in [-0.05, 0) is 0 Å². The molecule has 0 aliphatic heterocycles. The third kappa shape index (κ3) is 2.60. The normalized spacial score (nSPS) is 19.8. The standard InChI is InChI=1S/C10H15NSe.ClH/c11-10(8-4-1-2-5-8)9-6-3-7-12-9;/h3,6-8,10H,1-2,4-5,11H2;1H.